The molecule has 0 fully saturated rings. The summed E-state index contributed by atoms with van der Waals surface area (Å²) in [6, 6.07) is 11.6. The van der Waals surface area contributed by atoms with E-state index in [1.807, 2.05) is 48.6 Å². The Morgan fingerprint density at radius 1 is 1.35 bits per heavy atom. The normalized spacial score (nSPS) is 15.7. The Balaban J connectivity index is 1.52. The van der Waals surface area contributed by atoms with Gasteiger partial charge in [0.2, 0.25) is 0 Å². The smallest absolute Gasteiger partial charge is 0.159 e. The number of Topliss-reactive ketones (excluding diaryl/α,β-unsaturated/α-hetero) is 1. The highest BCUT2D eigenvalue weighted by atomic mass is 32.2. The number of fused-ring (bicyclic) bond motifs is 1. The molecule has 0 saturated carbocycles. The molecule has 0 bridgehead atoms. The second-order valence-corrected chi connectivity index (χ2v) is 7.05. The van der Waals surface area contributed by atoms with Gasteiger partial charge in [-0.05, 0) is 60.7 Å². The van der Waals surface area contributed by atoms with Crippen molar-refractivity contribution in [1.29, 1.82) is 0 Å². The number of hydrogen-bond donors (Lipinski definition) is 1. The number of carbonyl (C=O) groups excluding carboxylic acids is 1. The fourth-order valence-corrected chi connectivity index (χ4v) is 3.82. The Labute approximate surface area is 156 Å². The van der Waals surface area contributed by atoms with E-state index in [4.69, 9.17) is 4.42 Å². The second kappa shape index (κ2) is 7.16. The Morgan fingerprint density at radius 3 is 3.08 bits per heavy atom. The number of rotatable bonds is 5. The van der Waals surface area contributed by atoms with E-state index in [-0.39, 0.29) is 5.78 Å². The highest BCUT2D eigenvalue weighted by Gasteiger charge is 2.23. The van der Waals surface area contributed by atoms with E-state index in [0.29, 0.717) is 6.54 Å². The summed E-state index contributed by atoms with van der Waals surface area (Å²) >= 11 is 1.65. The third kappa shape index (κ3) is 3.40. The van der Waals surface area contributed by atoms with Crippen molar-refractivity contribution in [2.24, 2.45) is 0 Å². The zero-order chi connectivity index (χ0) is 17.9. The van der Waals surface area contributed by atoms with Gasteiger partial charge >= 0.3 is 0 Å². The molecule has 0 aliphatic carbocycles. The van der Waals surface area contributed by atoms with E-state index >= 15 is 0 Å². The van der Waals surface area contributed by atoms with Crippen LogP contribution >= 0.6 is 11.8 Å². The largest absolute Gasteiger partial charge is 0.467 e. The van der Waals surface area contributed by atoms with E-state index in [1.54, 1.807) is 24.9 Å². The van der Waals surface area contributed by atoms with Gasteiger partial charge in [-0.2, -0.15) is 0 Å². The highest BCUT2D eigenvalue weighted by Crippen LogP contribution is 2.37. The average Bonchev–Trinajstić information content (AvgIpc) is 3.19. The molecular weight excluding hydrogens is 344 g/mol. The average molecular weight is 362 g/mol. The summed E-state index contributed by atoms with van der Waals surface area (Å²) in [5, 5.41) is 5.53. The van der Waals surface area contributed by atoms with Crippen LogP contribution in [-0.4, -0.2) is 17.2 Å². The fourth-order valence-electron chi connectivity index (χ4n) is 2.90. The van der Waals surface area contributed by atoms with E-state index in [2.05, 4.69) is 22.0 Å². The molecule has 0 spiro atoms. The van der Waals surface area contributed by atoms with Gasteiger partial charge < -0.3 is 14.6 Å². The molecule has 3 heterocycles. The molecule has 1 N–H and O–H groups in total. The topological polar surface area (TPSA) is 45.5 Å². The predicted molar refractivity (Wildman–Crippen MR) is 104 cm³/mol. The Bertz CT molecular complexity index is 964. The first kappa shape index (κ1) is 16.6. The summed E-state index contributed by atoms with van der Waals surface area (Å²) < 4.78 is 5.36. The van der Waals surface area contributed by atoms with Gasteiger partial charge in [-0.3, -0.25) is 4.79 Å². The number of benzene rings is 1. The van der Waals surface area contributed by atoms with Crippen LogP contribution in [-0.2, 0) is 6.54 Å². The number of furan rings is 1. The fraction of sp³-hybridized carbons (Fsp3) is 0.143. The van der Waals surface area contributed by atoms with Crippen molar-refractivity contribution in [2.45, 2.75) is 13.5 Å². The molecule has 26 heavy (non-hydrogen) atoms. The van der Waals surface area contributed by atoms with Gasteiger partial charge in [0.25, 0.3) is 0 Å². The van der Waals surface area contributed by atoms with Crippen LogP contribution in [0.1, 0.15) is 28.6 Å². The second-order valence-electron chi connectivity index (χ2n) is 6.02. The van der Waals surface area contributed by atoms with Gasteiger partial charge in [-0.25, -0.2) is 0 Å². The van der Waals surface area contributed by atoms with Gasteiger partial charge in [0.1, 0.15) is 10.8 Å². The van der Waals surface area contributed by atoms with Crippen LogP contribution in [0, 0.1) is 0 Å². The van der Waals surface area contributed by atoms with Gasteiger partial charge in [-0.1, -0.05) is 23.9 Å². The van der Waals surface area contributed by atoms with Crippen molar-refractivity contribution >= 4 is 23.2 Å². The lowest BCUT2D eigenvalue weighted by atomic mass is 10.0. The Hall–Kier alpha value is -2.88. The number of hydrogen-bond acceptors (Lipinski definition) is 5. The molecular formula is C21H18N2O2S. The van der Waals surface area contributed by atoms with Gasteiger partial charge in [-0.15, -0.1) is 0 Å². The molecule has 0 atom stereocenters. The number of ketones is 1. The SMILES string of the molecule is CC(=O)c1cccc(C2=CC=C=C3SC(NCc4ccco4)=CCN32)c1. The molecule has 1 aromatic heterocycles. The summed E-state index contributed by atoms with van der Waals surface area (Å²) in [5.74, 6) is 0.982. The van der Waals surface area contributed by atoms with Crippen molar-refractivity contribution < 1.29 is 9.21 Å². The van der Waals surface area contributed by atoms with Crippen LogP contribution in [0.2, 0.25) is 0 Å². The van der Waals surface area contributed by atoms with E-state index < -0.39 is 0 Å². The van der Waals surface area contributed by atoms with Crippen LogP contribution in [0.15, 0.2) is 81.1 Å². The van der Waals surface area contributed by atoms with Crippen molar-refractivity contribution in [3.8, 4) is 0 Å². The molecule has 4 rings (SSSR count). The van der Waals surface area contributed by atoms with Crippen molar-refractivity contribution in [3.63, 3.8) is 0 Å². The molecule has 1 aromatic carbocycles. The zero-order valence-corrected chi connectivity index (χ0v) is 15.2. The third-order valence-electron chi connectivity index (χ3n) is 4.23. The third-order valence-corrected chi connectivity index (χ3v) is 5.29. The summed E-state index contributed by atoms with van der Waals surface area (Å²) in [5.41, 5.74) is 6.16. The van der Waals surface area contributed by atoms with Crippen LogP contribution in [0.25, 0.3) is 5.70 Å². The maximum absolute atomic E-state index is 11.7. The molecule has 0 saturated heterocycles. The Kier molecular flexibility index (Phi) is 4.57. The quantitative estimate of drug-likeness (QED) is 0.626. The molecule has 0 amide bonds. The van der Waals surface area contributed by atoms with Crippen LogP contribution in [0.5, 0.6) is 0 Å². The number of carbonyl (C=O) groups is 1. The predicted octanol–water partition coefficient (Wildman–Crippen LogP) is 4.51. The maximum Gasteiger partial charge on any atom is 0.159 e. The summed E-state index contributed by atoms with van der Waals surface area (Å²) in [4.78, 5) is 13.9. The van der Waals surface area contributed by atoms with Crippen molar-refractivity contribution in [3.05, 3.63) is 93.6 Å². The molecule has 0 unspecified atom stereocenters. The summed E-state index contributed by atoms with van der Waals surface area (Å²) in [6.07, 6.45) is 7.81. The molecule has 5 heteroatoms. The highest BCUT2D eigenvalue weighted by molar-refractivity contribution is 8.06. The Morgan fingerprint density at radius 2 is 2.27 bits per heavy atom. The van der Waals surface area contributed by atoms with E-state index in [9.17, 15) is 4.79 Å². The van der Waals surface area contributed by atoms with Crippen LogP contribution in [0.3, 0.4) is 0 Å². The first-order valence-electron chi connectivity index (χ1n) is 8.41. The zero-order valence-electron chi connectivity index (χ0n) is 14.4. The van der Waals surface area contributed by atoms with Crippen molar-refractivity contribution in [2.75, 3.05) is 6.54 Å². The lowest BCUT2D eigenvalue weighted by Gasteiger charge is -2.32. The van der Waals surface area contributed by atoms with Gasteiger partial charge in [0, 0.05) is 12.1 Å². The van der Waals surface area contributed by atoms with Gasteiger partial charge in [0.05, 0.1) is 23.5 Å². The molecule has 4 nitrogen and oxygen atoms in total. The van der Waals surface area contributed by atoms with Crippen LogP contribution in [0.4, 0.5) is 0 Å². The minimum absolute atomic E-state index is 0.0758. The molecule has 2 aliphatic rings. The summed E-state index contributed by atoms with van der Waals surface area (Å²) in [7, 11) is 0. The van der Waals surface area contributed by atoms with Crippen molar-refractivity contribution in [1.82, 2.24) is 10.2 Å². The van der Waals surface area contributed by atoms with Gasteiger partial charge in [0.15, 0.2) is 5.78 Å². The number of allylic oxidation sites excluding steroid dienone is 2. The number of nitrogens with one attached hydrogen (secondary N) is 1. The molecule has 2 aromatic rings. The minimum atomic E-state index is 0.0758. The summed E-state index contributed by atoms with van der Waals surface area (Å²) in [6.45, 7) is 3.00. The van der Waals surface area contributed by atoms with E-state index in [1.165, 1.54) is 0 Å². The molecule has 130 valence electrons. The standard InChI is InChI=1S/C21H18N2O2S/c1-15(24)16-5-2-6-17(13-16)19-8-3-9-21-23(19)11-10-20(26-21)22-14-18-7-4-12-25-18/h2-8,10,12-13,22H,11,14H2,1H3. The number of thioether (sulfide) groups is 1. The lowest BCUT2D eigenvalue weighted by Crippen LogP contribution is -2.27. The first-order valence-corrected chi connectivity index (χ1v) is 9.22. The number of nitrogens with zero attached hydrogens (tertiary/aromatic N) is 1. The maximum atomic E-state index is 11.7. The minimum Gasteiger partial charge on any atom is -0.467 e. The van der Waals surface area contributed by atoms with Crippen LogP contribution < -0.4 is 5.32 Å². The van der Waals surface area contributed by atoms with E-state index in [0.717, 1.165) is 39.2 Å². The monoisotopic (exact) mass is 362 g/mol. The molecule has 0 radical (unpaired) electrons. The molecule has 2 aliphatic heterocycles. The first-order chi connectivity index (χ1) is 12.7. The lowest BCUT2D eigenvalue weighted by molar-refractivity contribution is 0.101.